The fourth-order valence-electron chi connectivity index (χ4n) is 13.8. The van der Waals surface area contributed by atoms with Crippen LogP contribution in [0.5, 0.6) is 0 Å². The minimum atomic E-state index is 0.162. The summed E-state index contributed by atoms with van der Waals surface area (Å²) in [5.41, 5.74) is 2.32. The molecule has 0 amide bonds. The normalized spacial score (nSPS) is 30.2. The predicted octanol–water partition coefficient (Wildman–Crippen LogP) is 16.5. The maximum absolute atomic E-state index is 6.51. The van der Waals surface area contributed by atoms with Crippen molar-refractivity contribution in [3.05, 3.63) is 36.0 Å². The largest absolute Gasteiger partial charge is 0.385 e. The van der Waals surface area contributed by atoms with Crippen molar-refractivity contribution in [2.75, 3.05) is 53.4 Å². The number of hydrogen-bond donors (Lipinski definition) is 0. The highest BCUT2D eigenvalue weighted by atomic mass is 16.6. The second kappa shape index (κ2) is 32.0. The molecule has 0 aromatic carbocycles. The molecule has 5 aliphatic rings. The molecule has 0 aromatic rings. The Kier molecular flexibility index (Phi) is 27.1. The number of ether oxygens (including phenoxy) is 5. The maximum atomic E-state index is 6.51. The molecule has 5 nitrogen and oxygen atoms in total. The first-order chi connectivity index (χ1) is 31.8. The van der Waals surface area contributed by atoms with Gasteiger partial charge in [0.1, 0.15) is 0 Å². The molecule has 4 fully saturated rings. The lowest BCUT2D eigenvalue weighted by atomic mass is 9.53. The Morgan fingerprint density at radius 3 is 2.17 bits per heavy atom. The third kappa shape index (κ3) is 19.4. The number of methoxy groups -OCH3 is 1. The molecule has 6 unspecified atom stereocenters. The van der Waals surface area contributed by atoms with Crippen LogP contribution in [0.4, 0.5) is 0 Å². The highest BCUT2D eigenvalue weighted by molar-refractivity contribution is 5.20. The fraction of sp³-hybridized carbons (Fsp3) is 0.900. The summed E-state index contributed by atoms with van der Waals surface area (Å²) in [7, 11) is 1.83. The van der Waals surface area contributed by atoms with Gasteiger partial charge in [-0.2, -0.15) is 0 Å². The average molecular weight is 908 g/mol. The van der Waals surface area contributed by atoms with Gasteiger partial charge >= 0.3 is 0 Å². The van der Waals surface area contributed by atoms with Crippen LogP contribution in [0, 0.1) is 58.7 Å². The molecule has 5 aliphatic carbocycles. The molecule has 0 radical (unpaired) electrons. The van der Waals surface area contributed by atoms with Gasteiger partial charge in [-0.05, 0) is 161 Å². The van der Waals surface area contributed by atoms with Gasteiger partial charge in [0.15, 0.2) is 0 Å². The van der Waals surface area contributed by atoms with Crippen molar-refractivity contribution in [2.24, 2.45) is 58.7 Å². The third-order valence-corrected chi connectivity index (χ3v) is 18.0. The van der Waals surface area contributed by atoms with Crippen molar-refractivity contribution >= 4 is 0 Å². The van der Waals surface area contributed by atoms with Gasteiger partial charge in [0.05, 0.1) is 45.2 Å². The lowest BCUT2D eigenvalue weighted by molar-refractivity contribution is -0.0611. The van der Waals surface area contributed by atoms with Crippen LogP contribution in [0.15, 0.2) is 36.0 Å². The first kappa shape index (κ1) is 55.0. The Balaban J connectivity index is 0.923. The van der Waals surface area contributed by atoms with E-state index in [0.717, 1.165) is 92.2 Å². The number of fused-ring (bicyclic) bond motifs is 5. The first-order valence-electron chi connectivity index (χ1n) is 28.7. The summed E-state index contributed by atoms with van der Waals surface area (Å²) in [6, 6.07) is 0. The van der Waals surface area contributed by atoms with Crippen LogP contribution in [0.2, 0.25) is 0 Å². The van der Waals surface area contributed by atoms with Gasteiger partial charge in [-0.3, -0.25) is 0 Å². The van der Waals surface area contributed by atoms with Crippen molar-refractivity contribution in [1.82, 2.24) is 0 Å². The van der Waals surface area contributed by atoms with Crippen molar-refractivity contribution in [2.45, 2.75) is 233 Å². The summed E-state index contributed by atoms with van der Waals surface area (Å²) in [5.74, 6) is 7.91. The SMILES string of the molecule is CCCCCC=CCC=CCCCCCCCCOCC(CC1CCC(CCOC)CC1)OCCOCCO[C@H]1CCC2C(=CCC3C2CCC2C3CC[C@]2(C)[C@H](C)CCCC(C)C)C1. The van der Waals surface area contributed by atoms with Gasteiger partial charge < -0.3 is 23.7 Å². The number of hydrogen-bond acceptors (Lipinski definition) is 5. The van der Waals surface area contributed by atoms with Gasteiger partial charge in [-0.25, -0.2) is 0 Å². The van der Waals surface area contributed by atoms with Crippen molar-refractivity contribution < 1.29 is 23.7 Å². The molecule has 0 aromatic heterocycles. The first-order valence-corrected chi connectivity index (χ1v) is 28.7. The van der Waals surface area contributed by atoms with Crippen LogP contribution < -0.4 is 0 Å². The van der Waals surface area contributed by atoms with E-state index in [0.29, 0.717) is 44.6 Å². The molecule has 4 saturated carbocycles. The predicted molar refractivity (Wildman–Crippen MR) is 275 cm³/mol. The zero-order valence-electron chi connectivity index (χ0n) is 43.7. The van der Waals surface area contributed by atoms with Crippen LogP contribution in [-0.4, -0.2) is 65.6 Å². The average Bonchev–Trinajstić information content (AvgIpc) is 3.67. The van der Waals surface area contributed by atoms with E-state index in [2.05, 4.69) is 65.0 Å². The summed E-state index contributed by atoms with van der Waals surface area (Å²) < 4.78 is 30.8. The summed E-state index contributed by atoms with van der Waals surface area (Å²) in [4.78, 5) is 0. The quantitative estimate of drug-likeness (QED) is 0.0468. The maximum Gasteiger partial charge on any atom is 0.0812 e. The topological polar surface area (TPSA) is 46.2 Å². The van der Waals surface area contributed by atoms with E-state index in [4.69, 9.17) is 23.7 Å². The molecule has 0 heterocycles. The molecule has 0 N–H and O–H groups in total. The van der Waals surface area contributed by atoms with Gasteiger partial charge in [0.2, 0.25) is 0 Å². The van der Waals surface area contributed by atoms with E-state index in [1.165, 1.54) is 161 Å². The van der Waals surface area contributed by atoms with E-state index in [1.807, 2.05) is 7.11 Å². The molecular formula is C60H106O5. The third-order valence-electron chi connectivity index (χ3n) is 18.0. The molecule has 0 saturated heterocycles. The van der Waals surface area contributed by atoms with Crippen LogP contribution >= 0.6 is 0 Å². The smallest absolute Gasteiger partial charge is 0.0812 e. The minimum Gasteiger partial charge on any atom is -0.385 e. The van der Waals surface area contributed by atoms with E-state index in [1.54, 1.807) is 5.57 Å². The van der Waals surface area contributed by atoms with E-state index >= 15 is 0 Å². The standard InChI is InChI=1S/C60H106O5/c1-7-8-9-10-11-12-13-14-15-16-17-18-19-20-21-22-39-63-47-54(45-51-28-26-50(27-29-51)37-40-61-6)65-44-42-62-41-43-64-53-31-33-55-52(46-53)30-32-57-56(55)34-35-59-58(57)36-38-60(59,5)49(4)25-23-24-48(2)3/h11-12,14-15,30,48-51,53-59H,7-10,13,16-29,31-47H2,1-6H3/t49-,50?,51?,53+,54?,55?,56?,57?,58?,59?,60-/m1/s1. The molecule has 65 heavy (non-hydrogen) atoms. The molecule has 5 heteroatoms. The molecular weight excluding hydrogens is 801 g/mol. The van der Waals surface area contributed by atoms with E-state index < -0.39 is 0 Å². The second-order valence-corrected chi connectivity index (χ2v) is 23.0. The second-order valence-electron chi connectivity index (χ2n) is 23.0. The van der Waals surface area contributed by atoms with E-state index in [-0.39, 0.29) is 6.10 Å². The van der Waals surface area contributed by atoms with Crippen LogP contribution in [0.25, 0.3) is 0 Å². The number of unbranched alkanes of at least 4 members (excludes halogenated alkanes) is 9. The van der Waals surface area contributed by atoms with Crippen molar-refractivity contribution in [3.8, 4) is 0 Å². The van der Waals surface area contributed by atoms with Crippen LogP contribution in [0.3, 0.4) is 0 Å². The van der Waals surface area contributed by atoms with Gasteiger partial charge in [0, 0.05) is 20.3 Å². The van der Waals surface area contributed by atoms with Crippen LogP contribution in [0.1, 0.15) is 221 Å². The number of rotatable bonds is 35. The highest BCUT2D eigenvalue weighted by Crippen LogP contribution is 2.63. The Labute approximate surface area is 403 Å². The van der Waals surface area contributed by atoms with Crippen molar-refractivity contribution in [3.63, 3.8) is 0 Å². The molecule has 376 valence electrons. The zero-order valence-corrected chi connectivity index (χ0v) is 43.7. The van der Waals surface area contributed by atoms with Gasteiger partial charge in [0.25, 0.3) is 0 Å². The highest BCUT2D eigenvalue weighted by Gasteiger charge is 2.55. The summed E-state index contributed by atoms with van der Waals surface area (Å²) in [5, 5.41) is 0. The van der Waals surface area contributed by atoms with Crippen molar-refractivity contribution in [1.29, 1.82) is 0 Å². The van der Waals surface area contributed by atoms with Gasteiger partial charge in [-0.15, -0.1) is 0 Å². The number of allylic oxidation sites excluding steroid dienone is 5. The van der Waals surface area contributed by atoms with Gasteiger partial charge in [-0.1, -0.05) is 154 Å². The molecule has 5 rings (SSSR count). The van der Waals surface area contributed by atoms with Crippen LogP contribution in [-0.2, 0) is 23.7 Å². The Bertz CT molecular complexity index is 1300. The fourth-order valence-corrected chi connectivity index (χ4v) is 13.8. The molecule has 9 atom stereocenters. The lowest BCUT2D eigenvalue weighted by Gasteiger charge is -2.52. The minimum absolute atomic E-state index is 0.162. The summed E-state index contributed by atoms with van der Waals surface area (Å²) in [6.45, 7) is 17.4. The Morgan fingerprint density at radius 1 is 0.662 bits per heavy atom. The molecule has 0 spiro atoms. The Morgan fingerprint density at radius 2 is 1.40 bits per heavy atom. The molecule has 0 aliphatic heterocycles. The zero-order chi connectivity index (χ0) is 46.0. The lowest BCUT2D eigenvalue weighted by Crippen LogP contribution is -2.44. The Hall–Kier alpha value is -0.980. The molecule has 0 bridgehead atoms. The summed E-state index contributed by atoms with van der Waals surface area (Å²) in [6.07, 6.45) is 50.8. The summed E-state index contributed by atoms with van der Waals surface area (Å²) >= 11 is 0. The monoisotopic (exact) mass is 907 g/mol. The van der Waals surface area contributed by atoms with E-state index in [9.17, 15) is 0 Å².